The number of carboxylic acids is 8. The van der Waals surface area contributed by atoms with Gasteiger partial charge in [0.15, 0.2) is 0 Å². The van der Waals surface area contributed by atoms with Crippen LogP contribution >= 0.6 is 0 Å². The van der Waals surface area contributed by atoms with Crippen molar-refractivity contribution in [2.75, 3.05) is 56.4 Å². The predicted octanol–water partition coefficient (Wildman–Crippen LogP) is 7.35. The van der Waals surface area contributed by atoms with Gasteiger partial charge in [-0.15, -0.1) is 0 Å². The fraction of sp³-hybridized carbons (Fsp3) is 0.586. The van der Waals surface area contributed by atoms with E-state index in [1.54, 1.807) is 56.4 Å². The second-order valence-electron chi connectivity index (χ2n) is 23.1. The quantitative estimate of drug-likeness (QED) is 0.0710. The molecule has 0 bridgehead atoms. The third-order valence-electron chi connectivity index (χ3n) is 10.8. The van der Waals surface area contributed by atoms with Crippen molar-refractivity contribution in [2.24, 2.45) is 0 Å². The van der Waals surface area contributed by atoms with Crippen molar-refractivity contribution in [1.82, 2.24) is 19.6 Å². The molecule has 2 aromatic carbocycles. The summed E-state index contributed by atoms with van der Waals surface area (Å²) in [5.74, 6) is -134. The summed E-state index contributed by atoms with van der Waals surface area (Å²) in [4.78, 5) is 118. The summed E-state index contributed by atoms with van der Waals surface area (Å²) in [6.07, 6.45) is -50.1. The van der Waals surface area contributed by atoms with Crippen LogP contribution < -0.4 is 40.9 Å². The number of aliphatic carboxylic acids is 8. The van der Waals surface area contributed by atoms with Crippen LogP contribution in [0.4, 0.5) is 246 Å². The molecule has 0 aliphatic carbocycles. The molecule has 2 rings (SSSR count). The van der Waals surface area contributed by atoms with Crippen LogP contribution in [0.2, 0.25) is 0 Å². The predicted molar refractivity (Wildman–Crippen MR) is 309 cm³/mol. The summed E-state index contributed by atoms with van der Waals surface area (Å²) in [5.41, 5.74) is 2.64. The van der Waals surface area contributed by atoms with E-state index < -0.39 is 192 Å². The molecule has 0 aliphatic heterocycles. The summed E-state index contributed by atoms with van der Waals surface area (Å²) in [6, 6.07) is 20.5. The summed E-state index contributed by atoms with van der Waals surface area (Å²) in [7, 11) is 13.5. The molecule has 4 amide bonds. The van der Waals surface area contributed by atoms with Gasteiger partial charge in [-0.1, -0.05) is 71.8 Å². The van der Waals surface area contributed by atoms with E-state index in [0.717, 1.165) is 25.6 Å². The Hall–Kier alpha value is -9.35. The SMILES string of the molecule is CN(C)C=O.CN(C)C=O.CN(C)C=O.CN(C)C=O.Cc1ccccc1.Cc1ccccc1.O=C([O-])C(F)(F)C(F)(F)C(F)(F)F.O=C([O-])C(F)(F)C(F)(F)C(F)(F)F.O=C([O-])C(F)(F)C(F)(F)C(F)(F)F.O=C([O-])C(F)(F)C(F)(F)C(F)(F)F.O=C([O-])C(F)(F)C(F)(F)C(F)(F)F.O=C([O-])C(F)(F)C(F)(F)C(F)(F)F.O=C([O-])C(F)(F)C(F)(F)C(F)(F)F.O=C([O-])C(F)(F)C(F)(F)C(F)(F)F.[Rh+2].[Rh+2].[Rh+2].[Rh+2]. The van der Waals surface area contributed by atoms with Gasteiger partial charge >= 0.3 is 222 Å². The van der Waals surface area contributed by atoms with Gasteiger partial charge in [0.05, 0.1) is 0 Å². The summed E-state index contributed by atoms with van der Waals surface area (Å²) >= 11 is 0. The Bertz CT molecular complexity index is 3390. The second kappa shape index (κ2) is 61.8. The maximum absolute atomic E-state index is 11.7. The van der Waals surface area contributed by atoms with Crippen LogP contribution in [0.25, 0.3) is 0 Å². The Kier molecular flexibility index (Phi) is 73.6. The molecule has 84 heteroatoms. The van der Waals surface area contributed by atoms with Gasteiger partial charge in [0.2, 0.25) is 25.6 Å². The van der Waals surface area contributed by atoms with E-state index in [1.165, 1.54) is 30.7 Å². The molecule has 0 heterocycles. The average molecular weight is 2590 g/mol. The van der Waals surface area contributed by atoms with E-state index in [1.807, 2.05) is 36.4 Å². The number of amides is 4. The maximum Gasteiger partial charge on any atom is 2.00 e. The molecule has 844 valence electrons. The number of benzene rings is 2. The van der Waals surface area contributed by atoms with Gasteiger partial charge in [-0.05, 0) is 13.8 Å². The van der Waals surface area contributed by atoms with Crippen LogP contribution in [0.15, 0.2) is 60.7 Å². The van der Waals surface area contributed by atoms with Gasteiger partial charge in [-0.2, -0.15) is 246 Å². The molecule has 0 saturated carbocycles. The monoisotopic (exact) mass is 2590 g/mol. The Morgan fingerprint density at radius 2 is 0.246 bits per heavy atom. The molecule has 0 saturated heterocycles. The Balaban J connectivity index is -0.0000000868. The molecule has 4 radical (unpaired) electrons. The second-order valence-corrected chi connectivity index (χ2v) is 23.1. The molecule has 0 N–H and O–H groups in total. The molecule has 0 atom stereocenters. The average Bonchev–Trinajstić information content (AvgIpc) is 0.816. The minimum atomic E-state index is -6.64. The molecule has 0 fully saturated rings. The number of aryl methyl sites for hydroxylation is 2. The Labute approximate surface area is 798 Å². The molecule has 142 heavy (non-hydrogen) atoms. The third-order valence-corrected chi connectivity index (χ3v) is 10.8. The van der Waals surface area contributed by atoms with E-state index in [4.69, 9.17) is 0 Å². The van der Waals surface area contributed by atoms with E-state index in [0.29, 0.717) is 0 Å². The molecular weight excluding hydrogens is 2550 g/mol. The number of hydrogen-bond acceptors (Lipinski definition) is 20. The number of alkyl halides is 56. The number of halogens is 56. The third kappa shape index (κ3) is 51.4. The van der Waals surface area contributed by atoms with Crippen molar-refractivity contribution in [2.45, 2.75) is 158 Å². The first-order valence-electron chi connectivity index (χ1n) is 30.2. The van der Waals surface area contributed by atoms with Crippen molar-refractivity contribution in [3.63, 3.8) is 0 Å². The number of carbonyl (C=O) groups excluding carboxylic acids is 12. The van der Waals surface area contributed by atoms with Crippen molar-refractivity contribution in [1.29, 1.82) is 0 Å². The minimum Gasteiger partial charge on any atom is -0.544 e. The first-order valence-corrected chi connectivity index (χ1v) is 30.2. The Morgan fingerprint density at radius 3 is 0.268 bits per heavy atom. The molecule has 2 aromatic rings. The number of hydrogen-bond donors (Lipinski definition) is 0. The molecular formula is C58H44F56N4O20Rh4. The zero-order valence-electron chi connectivity index (χ0n) is 67.5. The van der Waals surface area contributed by atoms with Crippen LogP contribution in [-0.2, 0) is 135 Å². The standard InChI is InChI=1S/2C7H8.8C4HF7O2.4C3H7NO.4Rh/c2*1-7-5-3-2-4-6-7;8*5-2(6,1(12)13)3(7,8)4(9,10)11;4*1-4(2)3-5;;;;/h2*2-6H,1H3;8*(H,12,13);4*3H,1-2H3;;;;/q;;;;;;;;;;;;;;4*+2/p-8. The number of carbonyl (C=O) groups is 12. The van der Waals surface area contributed by atoms with Crippen LogP contribution in [0.3, 0.4) is 0 Å². The molecule has 0 spiro atoms. The number of nitrogens with zero attached hydrogens (tertiary/aromatic N) is 4. The molecule has 0 aromatic heterocycles. The van der Waals surface area contributed by atoms with E-state index in [9.17, 15) is 344 Å². The summed E-state index contributed by atoms with van der Waals surface area (Å²) < 4.78 is 642. The van der Waals surface area contributed by atoms with Gasteiger partial charge in [0.1, 0.15) is 47.8 Å². The molecule has 24 nitrogen and oxygen atoms in total. The van der Waals surface area contributed by atoms with Crippen LogP contribution in [0.5, 0.6) is 0 Å². The fourth-order valence-corrected chi connectivity index (χ4v) is 3.52. The van der Waals surface area contributed by atoms with E-state index >= 15 is 0 Å². The Morgan fingerprint density at radius 1 is 0.183 bits per heavy atom. The zero-order valence-corrected chi connectivity index (χ0v) is 74.1. The fourth-order valence-electron chi connectivity index (χ4n) is 3.52. The number of rotatable bonds is 20. The first kappa shape index (κ1) is 169. The van der Waals surface area contributed by atoms with Crippen LogP contribution in [-0.4, -0.2) is 294 Å². The smallest absolute Gasteiger partial charge is 0.544 e. The zero-order chi connectivity index (χ0) is 116. The summed E-state index contributed by atoms with van der Waals surface area (Å²) in [5, 5.41) is 74.2. The largest absolute Gasteiger partial charge is 2.00 e. The van der Waals surface area contributed by atoms with E-state index in [2.05, 4.69) is 38.1 Å². The van der Waals surface area contributed by atoms with Crippen molar-refractivity contribution in [3.8, 4) is 0 Å². The van der Waals surface area contributed by atoms with Gasteiger partial charge in [-0.25, -0.2) is 0 Å². The van der Waals surface area contributed by atoms with Crippen molar-refractivity contribution < 1.29 is 422 Å². The van der Waals surface area contributed by atoms with Gasteiger partial charge in [0.25, 0.3) is 0 Å². The van der Waals surface area contributed by atoms with Gasteiger partial charge < -0.3 is 98.8 Å². The van der Waals surface area contributed by atoms with Crippen molar-refractivity contribution in [3.05, 3.63) is 71.8 Å². The molecule has 0 unspecified atom stereocenters. The molecule has 0 aliphatic rings. The van der Waals surface area contributed by atoms with Crippen LogP contribution in [0.1, 0.15) is 11.1 Å². The first-order chi connectivity index (χ1) is 59.4. The topological polar surface area (TPSA) is 402 Å². The normalized spacial score (nSPS) is 12.4. The van der Waals surface area contributed by atoms with E-state index in [-0.39, 0.29) is 77.9 Å². The van der Waals surface area contributed by atoms with Gasteiger partial charge in [-0.3, -0.25) is 19.2 Å². The number of carboxylic acid groups (broad SMARTS) is 8. The van der Waals surface area contributed by atoms with Crippen LogP contribution in [0, 0.1) is 13.8 Å². The van der Waals surface area contributed by atoms with Crippen molar-refractivity contribution >= 4 is 73.4 Å². The summed E-state index contributed by atoms with van der Waals surface area (Å²) in [6.45, 7) is 4.17. The van der Waals surface area contributed by atoms with Gasteiger partial charge in [0, 0.05) is 56.4 Å². The maximum atomic E-state index is 11.7. The minimum absolute atomic E-state index is 0.